The molecule has 0 radical (unpaired) electrons. The predicted molar refractivity (Wildman–Crippen MR) is 82.9 cm³/mol. The molecule has 1 fully saturated rings. The van der Waals surface area contributed by atoms with Crippen LogP contribution in [0.15, 0.2) is 6.33 Å². The van der Waals surface area contributed by atoms with Crippen LogP contribution in [0.5, 0.6) is 0 Å². The molecular formula is C13H20N6O5. The molecule has 0 aliphatic carbocycles. The zero-order valence-electron chi connectivity index (χ0n) is 12.8. The van der Waals surface area contributed by atoms with Gasteiger partial charge in [-0.2, -0.15) is 9.97 Å². The van der Waals surface area contributed by atoms with Crippen LogP contribution < -0.4 is 11.1 Å². The second-order valence-electron chi connectivity index (χ2n) is 5.49. The fourth-order valence-electron chi connectivity index (χ4n) is 2.59. The SMILES string of the molecule is Nc1nc(NCCCO)nc2c1ncn2C1O[C@H](CO)[C@@H](O)[C@H]1O. The molecule has 11 nitrogen and oxygen atoms in total. The molecule has 11 heteroatoms. The van der Waals surface area contributed by atoms with Gasteiger partial charge in [0.25, 0.3) is 0 Å². The van der Waals surface area contributed by atoms with Crippen LogP contribution in [-0.2, 0) is 4.74 Å². The van der Waals surface area contributed by atoms with Crippen molar-refractivity contribution < 1.29 is 25.2 Å². The lowest BCUT2D eigenvalue weighted by Crippen LogP contribution is -2.33. The number of nitrogen functional groups attached to an aromatic ring is 1. The Morgan fingerprint density at radius 1 is 1.25 bits per heavy atom. The number of nitrogens with two attached hydrogens (primary N) is 1. The first-order valence-electron chi connectivity index (χ1n) is 7.54. The van der Waals surface area contributed by atoms with Gasteiger partial charge in [0, 0.05) is 13.2 Å². The number of imidazole rings is 1. The van der Waals surface area contributed by atoms with Crippen molar-refractivity contribution in [1.29, 1.82) is 0 Å². The molecule has 2 aromatic rings. The summed E-state index contributed by atoms with van der Waals surface area (Å²) in [5.74, 6) is 0.402. The van der Waals surface area contributed by atoms with E-state index in [1.165, 1.54) is 10.9 Å². The highest BCUT2D eigenvalue weighted by Gasteiger charge is 2.44. The molecule has 132 valence electrons. The number of aliphatic hydroxyl groups is 4. The number of ether oxygens (including phenoxy) is 1. The molecule has 0 saturated carbocycles. The maximum Gasteiger partial charge on any atom is 0.226 e. The van der Waals surface area contributed by atoms with E-state index >= 15 is 0 Å². The van der Waals surface area contributed by atoms with Gasteiger partial charge in [-0.15, -0.1) is 0 Å². The van der Waals surface area contributed by atoms with Gasteiger partial charge in [0.2, 0.25) is 5.95 Å². The van der Waals surface area contributed by atoms with E-state index in [1.807, 2.05) is 0 Å². The van der Waals surface area contributed by atoms with Crippen LogP contribution in [0.25, 0.3) is 11.2 Å². The number of rotatable bonds is 6. The van der Waals surface area contributed by atoms with Crippen molar-refractivity contribution in [3.8, 4) is 0 Å². The number of fused-ring (bicyclic) bond motifs is 1. The lowest BCUT2D eigenvalue weighted by molar-refractivity contribution is -0.0511. The Morgan fingerprint density at radius 3 is 2.71 bits per heavy atom. The highest BCUT2D eigenvalue weighted by atomic mass is 16.6. The van der Waals surface area contributed by atoms with E-state index in [4.69, 9.17) is 15.6 Å². The fourth-order valence-corrected chi connectivity index (χ4v) is 2.59. The smallest absolute Gasteiger partial charge is 0.226 e. The molecule has 24 heavy (non-hydrogen) atoms. The van der Waals surface area contributed by atoms with Crippen molar-refractivity contribution >= 4 is 22.9 Å². The third-order valence-electron chi connectivity index (χ3n) is 3.86. The molecule has 0 bridgehead atoms. The Labute approximate surface area is 136 Å². The molecule has 0 spiro atoms. The third kappa shape index (κ3) is 2.87. The van der Waals surface area contributed by atoms with Crippen LogP contribution in [0.4, 0.5) is 11.8 Å². The first kappa shape index (κ1) is 16.8. The van der Waals surface area contributed by atoms with Crippen LogP contribution in [-0.4, -0.2) is 78.0 Å². The van der Waals surface area contributed by atoms with Crippen LogP contribution in [0, 0.1) is 0 Å². The largest absolute Gasteiger partial charge is 0.396 e. The molecule has 4 atom stereocenters. The average molecular weight is 340 g/mol. The number of hydrogen-bond acceptors (Lipinski definition) is 10. The quantitative estimate of drug-likeness (QED) is 0.317. The Balaban J connectivity index is 1.94. The molecule has 1 aliphatic heterocycles. The summed E-state index contributed by atoms with van der Waals surface area (Å²) >= 11 is 0. The average Bonchev–Trinajstić information content (AvgIpc) is 3.10. The number of nitrogens with zero attached hydrogens (tertiary/aromatic N) is 4. The van der Waals surface area contributed by atoms with Crippen LogP contribution in [0.2, 0.25) is 0 Å². The molecule has 0 amide bonds. The summed E-state index contributed by atoms with van der Waals surface area (Å²) in [5.41, 5.74) is 6.54. The van der Waals surface area contributed by atoms with Gasteiger partial charge in [-0.25, -0.2) is 4.98 Å². The monoisotopic (exact) mass is 340 g/mol. The lowest BCUT2D eigenvalue weighted by atomic mass is 10.1. The number of aliphatic hydroxyl groups excluding tert-OH is 4. The number of hydrogen-bond donors (Lipinski definition) is 6. The van der Waals surface area contributed by atoms with Crippen molar-refractivity contribution in [1.82, 2.24) is 19.5 Å². The standard InChI is InChI=1S/C13H20N6O5/c14-10-7-11(18-13(17-10)15-2-1-3-20)19(5-16-7)12-9(23)8(22)6(4-21)24-12/h5-6,8-9,12,20-23H,1-4H2,(H3,14,15,17,18)/t6-,8-,9-,12?/m1/s1. The van der Waals surface area contributed by atoms with Crippen molar-refractivity contribution in [3.05, 3.63) is 6.33 Å². The molecule has 1 unspecified atom stereocenters. The summed E-state index contributed by atoms with van der Waals surface area (Å²) in [5, 5.41) is 41.0. The number of nitrogens with one attached hydrogen (secondary N) is 1. The summed E-state index contributed by atoms with van der Waals surface area (Å²) in [4.78, 5) is 12.5. The third-order valence-corrected chi connectivity index (χ3v) is 3.86. The molecule has 1 aliphatic rings. The molecule has 1 saturated heterocycles. The highest BCUT2D eigenvalue weighted by Crippen LogP contribution is 2.32. The summed E-state index contributed by atoms with van der Waals surface area (Å²) < 4.78 is 6.92. The molecule has 3 heterocycles. The van der Waals surface area contributed by atoms with Crippen LogP contribution in [0.1, 0.15) is 12.6 Å². The van der Waals surface area contributed by atoms with E-state index in [0.29, 0.717) is 24.1 Å². The van der Waals surface area contributed by atoms with Crippen LogP contribution >= 0.6 is 0 Å². The summed E-state index contributed by atoms with van der Waals surface area (Å²) in [6, 6.07) is 0. The molecule has 0 aromatic carbocycles. The Kier molecular flexibility index (Phi) is 4.78. The van der Waals surface area contributed by atoms with Crippen molar-refractivity contribution in [2.45, 2.75) is 31.0 Å². The second-order valence-corrected chi connectivity index (χ2v) is 5.49. The van der Waals surface area contributed by atoms with Gasteiger partial charge in [0.15, 0.2) is 17.7 Å². The summed E-state index contributed by atoms with van der Waals surface area (Å²) in [6.45, 7) is 0.0705. The minimum Gasteiger partial charge on any atom is -0.396 e. The Bertz CT molecular complexity index is 709. The number of anilines is 2. The van der Waals surface area contributed by atoms with Crippen LogP contribution in [0.3, 0.4) is 0 Å². The summed E-state index contributed by atoms with van der Waals surface area (Å²) in [6.07, 6.45) is -2.42. The van der Waals surface area contributed by atoms with E-state index < -0.39 is 31.1 Å². The second kappa shape index (κ2) is 6.83. The Hall–Kier alpha value is -2.05. The molecule has 7 N–H and O–H groups in total. The Morgan fingerprint density at radius 2 is 2.04 bits per heavy atom. The van der Waals surface area contributed by atoms with E-state index in [0.717, 1.165) is 0 Å². The normalized spacial score (nSPS) is 27.0. The maximum absolute atomic E-state index is 10.1. The van der Waals surface area contributed by atoms with Gasteiger partial charge in [-0.1, -0.05) is 0 Å². The molecule has 3 rings (SSSR count). The predicted octanol–water partition coefficient (Wildman–Crippen LogP) is -2.19. The van der Waals surface area contributed by atoms with Crippen molar-refractivity contribution in [2.75, 3.05) is 30.8 Å². The van der Waals surface area contributed by atoms with Gasteiger partial charge >= 0.3 is 0 Å². The number of aromatic nitrogens is 4. The first-order valence-corrected chi connectivity index (χ1v) is 7.54. The molecular weight excluding hydrogens is 320 g/mol. The van der Waals surface area contributed by atoms with Gasteiger partial charge in [-0.3, -0.25) is 4.57 Å². The van der Waals surface area contributed by atoms with Gasteiger partial charge in [0.1, 0.15) is 23.8 Å². The summed E-state index contributed by atoms with van der Waals surface area (Å²) in [7, 11) is 0. The highest BCUT2D eigenvalue weighted by molar-refractivity contribution is 5.82. The zero-order chi connectivity index (χ0) is 17.3. The lowest BCUT2D eigenvalue weighted by Gasteiger charge is -2.16. The zero-order valence-corrected chi connectivity index (χ0v) is 12.8. The van der Waals surface area contributed by atoms with Crippen molar-refractivity contribution in [3.63, 3.8) is 0 Å². The minimum absolute atomic E-state index is 0.0329. The van der Waals surface area contributed by atoms with Crippen molar-refractivity contribution in [2.24, 2.45) is 0 Å². The van der Waals surface area contributed by atoms with Gasteiger partial charge in [-0.05, 0) is 6.42 Å². The fraction of sp³-hybridized carbons (Fsp3) is 0.615. The topological polar surface area (TPSA) is 172 Å². The van der Waals surface area contributed by atoms with E-state index in [1.54, 1.807) is 0 Å². The maximum atomic E-state index is 10.1. The minimum atomic E-state index is -1.25. The van der Waals surface area contributed by atoms with Gasteiger partial charge < -0.3 is 36.2 Å². The van der Waals surface area contributed by atoms with E-state index in [-0.39, 0.29) is 18.4 Å². The van der Waals surface area contributed by atoms with E-state index in [2.05, 4.69) is 20.3 Å². The first-order chi connectivity index (χ1) is 11.6. The molecule has 2 aromatic heterocycles. The van der Waals surface area contributed by atoms with Gasteiger partial charge in [0.05, 0.1) is 12.9 Å². The van der Waals surface area contributed by atoms with E-state index in [9.17, 15) is 15.3 Å².